The molecule has 0 saturated carbocycles. The van der Waals surface area contributed by atoms with Crippen molar-refractivity contribution in [2.24, 2.45) is 0 Å². The Balaban J connectivity index is 0.865. The summed E-state index contributed by atoms with van der Waals surface area (Å²) in [4.78, 5) is 64.8. The number of carbonyl (C=O) groups is 4. The maximum Gasteiger partial charge on any atom is 0.264 e. The number of piperazine rings is 1. The monoisotopic (exact) mass is 874 g/mol. The molecule has 8 rings (SSSR count). The van der Waals surface area contributed by atoms with E-state index in [0.717, 1.165) is 4.90 Å². The largest absolute Gasteiger partial charge is 0.486 e. The van der Waals surface area contributed by atoms with Crippen LogP contribution >= 0.6 is 23.2 Å². The number of piperidine rings is 2. The van der Waals surface area contributed by atoms with E-state index in [0.29, 0.717) is 94.4 Å². The van der Waals surface area contributed by atoms with Gasteiger partial charge in [-0.1, -0.05) is 29.3 Å². The highest BCUT2D eigenvalue weighted by Gasteiger charge is 2.46. The fourth-order valence-corrected chi connectivity index (χ4v) is 10.9. The second-order valence-electron chi connectivity index (χ2n) is 15.1. The van der Waals surface area contributed by atoms with Crippen molar-refractivity contribution in [2.75, 3.05) is 54.8 Å². The van der Waals surface area contributed by atoms with Gasteiger partial charge in [0.1, 0.15) is 23.7 Å². The molecule has 0 aliphatic carbocycles. The van der Waals surface area contributed by atoms with Crippen molar-refractivity contribution in [3.05, 3.63) is 105 Å². The Bertz CT molecular complexity index is 2510. The van der Waals surface area contributed by atoms with E-state index in [1.165, 1.54) is 12.4 Å². The fraction of sp³-hybridized carbons (Fsp3) is 0.341. The molecule has 0 bridgehead atoms. The highest BCUT2D eigenvalue weighted by atomic mass is 35.5. The van der Waals surface area contributed by atoms with Crippen LogP contribution < -0.4 is 31.0 Å². The third-order valence-electron chi connectivity index (χ3n) is 11.6. The van der Waals surface area contributed by atoms with Crippen molar-refractivity contribution in [1.29, 1.82) is 0 Å². The Labute approximate surface area is 356 Å². The summed E-state index contributed by atoms with van der Waals surface area (Å²) in [6.07, 6.45) is 4.93. The maximum absolute atomic E-state index is 13.9. The molecule has 2 atom stereocenters. The number of hydrogen-bond acceptors (Lipinski definition) is 12. The highest BCUT2D eigenvalue weighted by Crippen LogP contribution is 2.37. The molecular weight excluding hydrogens is 833 g/mol. The number of fused-ring (bicyclic) bond motifs is 1. The number of nitrogen functional groups attached to an aromatic ring is 1. The number of sulfonamides is 1. The second kappa shape index (κ2) is 16.4. The zero-order valence-corrected chi connectivity index (χ0v) is 34.8. The van der Waals surface area contributed by atoms with Crippen LogP contribution in [0.2, 0.25) is 10.0 Å². The van der Waals surface area contributed by atoms with E-state index in [1.54, 1.807) is 46.9 Å². The number of anilines is 3. The van der Waals surface area contributed by atoms with Crippen LogP contribution in [0.25, 0.3) is 0 Å². The Hall–Kier alpha value is -5.62. The zero-order valence-electron chi connectivity index (χ0n) is 32.5. The van der Waals surface area contributed by atoms with Gasteiger partial charge in [0, 0.05) is 75.5 Å². The Morgan fingerprint density at radius 3 is 2.28 bits per heavy atom. The predicted molar refractivity (Wildman–Crippen MR) is 225 cm³/mol. The summed E-state index contributed by atoms with van der Waals surface area (Å²) in [6, 6.07) is 12.8. The summed E-state index contributed by atoms with van der Waals surface area (Å²) in [5.74, 6) is -1.11. The van der Waals surface area contributed by atoms with Gasteiger partial charge in [0.2, 0.25) is 27.5 Å². The molecular formula is C41H42Cl2N9O7S+. The zero-order chi connectivity index (χ0) is 42.5. The van der Waals surface area contributed by atoms with Crippen molar-refractivity contribution in [3.8, 4) is 5.75 Å². The number of nitrogens with two attached hydrogens (primary N) is 2. The molecule has 19 heteroatoms. The van der Waals surface area contributed by atoms with Crippen molar-refractivity contribution < 1.29 is 37.7 Å². The number of pyridine rings is 2. The van der Waals surface area contributed by atoms with E-state index in [4.69, 9.17) is 39.1 Å². The van der Waals surface area contributed by atoms with Gasteiger partial charge in [-0.2, -0.15) is 4.31 Å². The summed E-state index contributed by atoms with van der Waals surface area (Å²) >= 11 is 12.7. The number of carbonyl (C=O) groups excluding carboxylic acids is 4. The minimum atomic E-state index is -3.64. The van der Waals surface area contributed by atoms with Crippen LogP contribution in [0.3, 0.4) is 0 Å². The first-order valence-electron chi connectivity index (χ1n) is 19.5. The van der Waals surface area contributed by atoms with Crippen LogP contribution in [0.5, 0.6) is 5.75 Å². The number of ether oxygens (including phenoxy) is 1. The third kappa shape index (κ3) is 7.66. The van der Waals surface area contributed by atoms with Crippen molar-refractivity contribution in [1.82, 2.24) is 24.5 Å². The normalized spacial score (nSPS) is 19.6. The van der Waals surface area contributed by atoms with Crippen LogP contribution in [0, 0.1) is 0 Å². The molecule has 4 aromatic rings. The smallest absolute Gasteiger partial charge is 0.264 e. The van der Waals surface area contributed by atoms with Gasteiger partial charge in [-0.25, -0.2) is 13.4 Å². The standard InChI is InChI=1S/C41H41Cl2N9O7S/c1-23(36-29(42)21-46-22-30(36)43)59-25-6-7-31(44)28(19-25)38(45)24-5-9-34(47-20-24)50-15-17-51(18-16-50)60(57,58)26-11-13-49(14-12-26)32-4-2-3-27-37(32)41(56)52(40(27)55)33-8-10-35(53)48-39(33)54/h2-7,9,19-23,26,33,45H,8,10-18,44H2,1H3,(H,48,53,54)/p+1/t23-,33?/m1/s1. The quantitative estimate of drug-likeness (QED) is 0.119. The minimum absolute atomic E-state index is 0.0265. The minimum Gasteiger partial charge on any atom is -0.486 e. The first-order chi connectivity index (χ1) is 28.7. The number of nitrogens with zero attached hydrogens (tertiary/aromatic N) is 6. The van der Waals surface area contributed by atoms with E-state index in [2.05, 4.69) is 15.3 Å². The maximum atomic E-state index is 13.9. The second-order valence-corrected chi connectivity index (χ2v) is 18.1. The number of hydrogen-bond donors (Lipinski definition) is 3. The average molecular weight is 876 g/mol. The van der Waals surface area contributed by atoms with E-state index in [1.807, 2.05) is 28.9 Å². The van der Waals surface area contributed by atoms with Gasteiger partial charge in [0.25, 0.3) is 11.8 Å². The van der Waals surface area contributed by atoms with Crippen molar-refractivity contribution in [3.63, 3.8) is 0 Å². The molecule has 0 radical (unpaired) electrons. The SMILES string of the molecule is C[C@@H](Oc1ccc(N)c(C(=[NH2+])c2ccc(N3CCN(S(=O)(=O)C4CCN(c5cccc6c5C(=O)N(C5CCC(=O)NC5=O)C6=O)CC4)CC3)nc2)c1)c1c(Cl)cncc1Cl. The Morgan fingerprint density at radius 1 is 0.900 bits per heavy atom. The lowest BCUT2D eigenvalue weighted by Crippen LogP contribution is -2.54. The summed E-state index contributed by atoms with van der Waals surface area (Å²) in [5.41, 5.74) is 9.91. The third-order valence-corrected chi connectivity index (χ3v) is 14.6. The molecule has 4 aliphatic rings. The van der Waals surface area contributed by atoms with Gasteiger partial charge >= 0.3 is 0 Å². The predicted octanol–water partition coefficient (Wildman–Crippen LogP) is 2.62. The van der Waals surface area contributed by atoms with Crippen LogP contribution in [0.15, 0.2) is 67.1 Å². The molecule has 16 nitrogen and oxygen atoms in total. The Morgan fingerprint density at radius 2 is 1.62 bits per heavy atom. The van der Waals surface area contributed by atoms with Gasteiger partial charge in [0.05, 0.1) is 43.2 Å². The first kappa shape index (κ1) is 41.1. The highest BCUT2D eigenvalue weighted by molar-refractivity contribution is 7.89. The van der Waals surface area contributed by atoms with E-state index in [9.17, 15) is 27.6 Å². The van der Waals surface area contributed by atoms with Gasteiger partial charge in [-0.15, -0.1) is 0 Å². The van der Waals surface area contributed by atoms with Crippen LogP contribution in [0.1, 0.15) is 76.1 Å². The van der Waals surface area contributed by atoms with E-state index in [-0.39, 0.29) is 37.1 Å². The van der Waals surface area contributed by atoms with Gasteiger partial charge in [0.15, 0.2) is 0 Å². The lowest BCUT2D eigenvalue weighted by Gasteiger charge is -2.39. The van der Waals surface area contributed by atoms with Gasteiger partial charge < -0.3 is 20.3 Å². The molecule has 312 valence electrons. The Kier molecular flexibility index (Phi) is 11.3. The molecule has 0 spiro atoms. The summed E-state index contributed by atoms with van der Waals surface area (Å²) in [7, 11) is -3.64. The van der Waals surface area contributed by atoms with Crippen LogP contribution in [0.4, 0.5) is 17.2 Å². The number of rotatable bonds is 10. The lowest BCUT2D eigenvalue weighted by atomic mass is 10.0. The van der Waals surface area contributed by atoms with Crippen LogP contribution in [-0.4, -0.2) is 107 Å². The number of aromatic nitrogens is 2. The van der Waals surface area contributed by atoms with Crippen molar-refractivity contribution >= 4 is 79.8 Å². The molecule has 2 aromatic heterocycles. The molecule has 1 unspecified atom stereocenters. The molecule has 5 N–H and O–H groups in total. The summed E-state index contributed by atoms with van der Waals surface area (Å²) in [5, 5.41) is 8.98. The van der Waals surface area contributed by atoms with Gasteiger partial charge in [-0.3, -0.25) is 39.8 Å². The number of imide groups is 2. The number of benzene rings is 2. The number of nitrogens with one attached hydrogen (secondary N) is 1. The molecule has 3 saturated heterocycles. The van der Waals surface area contributed by atoms with E-state index >= 15 is 0 Å². The molecule has 4 aliphatic heterocycles. The molecule has 4 amide bonds. The van der Waals surface area contributed by atoms with E-state index < -0.39 is 51.0 Å². The van der Waals surface area contributed by atoms with Gasteiger partial charge in [-0.05, 0) is 68.7 Å². The molecule has 2 aromatic carbocycles. The molecule has 3 fully saturated rings. The lowest BCUT2D eigenvalue weighted by molar-refractivity contribution is -0.136. The topological polar surface area (TPSA) is 214 Å². The number of halogens is 2. The fourth-order valence-electron chi connectivity index (χ4n) is 8.34. The summed E-state index contributed by atoms with van der Waals surface area (Å²) in [6.45, 7) is 3.99. The number of amides is 4. The van der Waals surface area contributed by atoms with Crippen molar-refractivity contribution in [2.45, 2.75) is 50.0 Å². The molecule has 6 heterocycles. The molecule has 60 heavy (non-hydrogen) atoms. The average Bonchev–Trinajstić information content (AvgIpc) is 3.50. The van der Waals surface area contributed by atoms with Crippen LogP contribution in [-0.2, 0) is 19.6 Å². The first-order valence-corrected chi connectivity index (χ1v) is 21.8. The summed E-state index contributed by atoms with van der Waals surface area (Å²) < 4.78 is 35.5.